The third kappa shape index (κ3) is 49.3. The van der Waals surface area contributed by atoms with Gasteiger partial charge in [0.25, 0.3) is 0 Å². The van der Waals surface area contributed by atoms with Crippen molar-refractivity contribution in [3.8, 4) is 0 Å². The van der Waals surface area contributed by atoms with Crippen LogP contribution in [0.1, 0.15) is 310 Å². The monoisotopic (exact) mass is 863 g/mol. The molecule has 0 aliphatic carbocycles. The summed E-state index contributed by atoms with van der Waals surface area (Å²) in [5.41, 5.74) is 0. The molecule has 0 unspecified atom stereocenters. The standard InChI is InChI=1S/C55H106O6/c1-5-7-9-11-13-15-16-17-18-19-20-21-24-27-31-35-39-43-47-54(57)60-50-52(49-59-53(56)46-42-38-34-29-14-12-10-8-6-2)61-55(58)48-44-40-36-32-28-25-22-23-26-30-33-37-41-45-51(3)4/h51-52H,5-50H2,1-4H3/t52-/m1/s1. The Morgan fingerprint density at radius 3 is 0.803 bits per heavy atom. The van der Waals surface area contributed by atoms with Crippen LogP contribution in [0.2, 0.25) is 0 Å². The quantitative estimate of drug-likeness (QED) is 0.0344. The fraction of sp³-hybridized carbons (Fsp3) is 0.945. The number of hydrogen-bond acceptors (Lipinski definition) is 6. The van der Waals surface area contributed by atoms with E-state index in [0.717, 1.165) is 63.7 Å². The predicted molar refractivity (Wildman–Crippen MR) is 261 cm³/mol. The van der Waals surface area contributed by atoms with Gasteiger partial charge < -0.3 is 14.2 Å². The van der Waals surface area contributed by atoms with Crippen LogP contribution < -0.4 is 0 Å². The summed E-state index contributed by atoms with van der Waals surface area (Å²) in [6.07, 6.45) is 52.4. The molecule has 0 bridgehead atoms. The minimum Gasteiger partial charge on any atom is -0.462 e. The smallest absolute Gasteiger partial charge is 0.306 e. The number of unbranched alkanes of at least 4 members (excludes halogenated alkanes) is 37. The third-order valence-corrected chi connectivity index (χ3v) is 12.5. The Hall–Kier alpha value is -1.59. The van der Waals surface area contributed by atoms with Gasteiger partial charge in [-0.2, -0.15) is 0 Å². The number of rotatable bonds is 50. The fourth-order valence-electron chi connectivity index (χ4n) is 8.39. The van der Waals surface area contributed by atoms with E-state index in [2.05, 4.69) is 27.7 Å². The Labute approximate surface area is 380 Å². The summed E-state index contributed by atoms with van der Waals surface area (Å²) < 4.78 is 16.8. The lowest BCUT2D eigenvalue weighted by Crippen LogP contribution is -2.30. The Balaban J connectivity index is 4.23. The minimum atomic E-state index is -0.760. The van der Waals surface area contributed by atoms with Crippen molar-refractivity contribution < 1.29 is 28.6 Å². The van der Waals surface area contributed by atoms with E-state index >= 15 is 0 Å². The van der Waals surface area contributed by atoms with Crippen LogP contribution in [0.15, 0.2) is 0 Å². The van der Waals surface area contributed by atoms with E-state index in [1.54, 1.807) is 0 Å². The second-order valence-electron chi connectivity index (χ2n) is 19.3. The number of carbonyl (C=O) groups is 3. The van der Waals surface area contributed by atoms with Crippen molar-refractivity contribution in [1.82, 2.24) is 0 Å². The number of esters is 3. The average molecular weight is 863 g/mol. The highest BCUT2D eigenvalue weighted by atomic mass is 16.6. The molecule has 0 aromatic heterocycles. The highest BCUT2D eigenvalue weighted by Crippen LogP contribution is 2.17. The molecule has 0 radical (unpaired) electrons. The van der Waals surface area contributed by atoms with Crippen LogP contribution in [0.4, 0.5) is 0 Å². The second-order valence-corrected chi connectivity index (χ2v) is 19.3. The molecule has 362 valence electrons. The lowest BCUT2D eigenvalue weighted by atomic mass is 10.0. The van der Waals surface area contributed by atoms with Crippen LogP contribution in [-0.4, -0.2) is 37.2 Å². The van der Waals surface area contributed by atoms with Crippen molar-refractivity contribution in [3.05, 3.63) is 0 Å². The average Bonchev–Trinajstić information content (AvgIpc) is 3.24. The van der Waals surface area contributed by atoms with Crippen molar-refractivity contribution in [2.75, 3.05) is 13.2 Å². The molecule has 6 nitrogen and oxygen atoms in total. The van der Waals surface area contributed by atoms with Crippen LogP contribution in [0.5, 0.6) is 0 Å². The first-order chi connectivity index (χ1) is 29.9. The second kappa shape index (κ2) is 49.4. The number of carbonyl (C=O) groups excluding carboxylic acids is 3. The van der Waals surface area contributed by atoms with Crippen LogP contribution in [-0.2, 0) is 28.6 Å². The van der Waals surface area contributed by atoms with Gasteiger partial charge in [0.05, 0.1) is 0 Å². The molecular weight excluding hydrogens is 757 g/mol. The molecule has 0 spiro atoms. The zero-order valence-electron chi connectivity index (χ0n) is 41.6. The molecule has 0 rings (SSSR count). The summed E-state index contributed by atoms with van der Waals surface area (Å²) in [6, 6.07) is 0. The first-order valence-electron chi connectivity index (χ1n) is 27.4. The first kappa shape index (κ1) is 59.4. The summed E-state index contributed by atoms with van der Waals surface area (Å²) in [5, 5.41) is 0. The van der Waals surface area contributed by atoms with Crippen LogP contribution in [0.3, 0.4) is 0 Å². The van der Waals surface area contributed by atoms with Gasteiger partial charge in [0.15, 0.2) is 6.10 Å². The molecule has 1 atom stereocenters. The normalized spacial score (nSPS) is 12.0. The van der Waals surface area contributed by atoms with Crippen molar-refractivity contribution >= 4 is 17.9 Å². The molecule has 0 aromatic rings. The van der Waals surface area contributed by atoms with E-state index in [1.807, 2.05) is 0 Å². The fourth-order valence-corrected chi connectivity index (χ4v) is 8.39. The molecule has 0 fully saturated rings. The highest BCUT2D eigenvalue weighted by molar-refractivity contribution is 5.71. The minimum absolute atomic E-state index is 0.0624. The maximum absolute atomic E-state index is 12.8. The lowest BCUT2D eigenvalue weighted by Gasteiger charge is -2.18. The molecule has 0 aromatic carbocycles. The first-order valence-corrected chi connectivity index (χ1v) is 27.4. The van der Waals surface area contributed by atoms with Gasteiger partial charge in [-0.05, 0) is 25.2 Å². The predicted octanol–water partition coefficient (Wildman–Crippen LogP) is 17.8. The van der Waals surface area contributed by atoms with Gasteiger partial charge in [-0.25, -0.2) is 0 Å². The van der Waals surface area contributed by atoms with Crippen molar-refractivity contribution in [2.24, 2.45) is 5.92 Å². The Morgan fingerprint density at radius 1 is 0.311 bits per heavy atom. The van der Waals surface area contributed by atoms with Gasteiger partial charge >= 0.3 is 17.9 Å². The summed E-state index contributed by atoms with van der Waals surface area (Å²) >= 11 is 0. The van der Waals surface area contributed by atoms with E-state index in [9.17, 15) is 14.4 Å². The van der Waals surface area contributed by atoms with Crippen molar-refractivity contribution in [3.63, 3.8) is 0 Å². The summed E-state index contributed by atoms with van der Waals surface area (Å²) in [6.45, 7) is 9.03. The summed E-state index contributed by atoms with van der Waals surface area (Å²) in [4.78, 5) is 37.9. The van der Waals surface area contributed by atoms with Crippen LogP contribution in [0, 0.1) is 5.92 Å². The molecule has 0 saturated carbocycles. The molecule has 0 aliphatic rings. The number of hydrogen-bond donors (Lipinski definition) is 0. The zero-order chi connectivity index (χ0) is 44.5. The van der Waals surface area contributed by atoms with E-state index in [0.29, 0.717) is 19.3 Å². The molecule has 6 heteroatoms. The van der Waals surface area contributed by atoms with Gasteiger partial charge in [0.2, 0.25) is 0 Å². The van der Waals surface area contributed by atoms with Crippen LogP contribution >= 0.6 is 0 Å². The molecule has 0 N–H and O–H groups in total. The van der Waals surface area contributed by atoms with Crippen LogP contribution in [0.25, 0.3) is 0 Å². The van der Waals surface area contributed by atoms with Gasteiger partial charge in [-0.15, -0.1) is 0 Å². The van der Waals surface area contributed by atoms with E-state index in [1.165, 1.54) is 205 Å². The zero-order valence-corrected chi connectivity index (χ0v) is 41.6. The van der Waals surface area contributed by atoms with E-state index < -0.39 is 6.10 Å². The van der Waals surface area contributed by atoms with E-state index in [-0.39, 0.29) is 31.1 Å². The SMILES string of the molecule is CCCCCCCCCCCCCCCCCCCCC(=O)OC[C@@H](COC(=O)CCCCCCCCCCC)OC(=O)CCCCCCCCCCCCCCCC(C)C. The largest absolute Gasteiger partial charge is 0.462 e. The molecule has 0 amide bonds. The van der Waals surface area contributed by atoms with Gasteiger partial charge in [-0.3, -0.25) is 14.4 Å². The topological polar surface area (TPSA) is 78.9 Å². The lowest BCUT2D eigenvalue weighted by molar-refractivity contribution is -0.167. The van der Waals surface area contributed by atoms with E-state index in [4.69, 9.17) is 14.2 Å². The Bertz CT molecular complexity index is 918. The molecule has 0 saturated heterocycles. The van der Waals surface area contributed by atoms with Crippen molar-refractivity contribution in [2.45, 2.75) is 316 Å². The summed E-state index contributed by atoms with van der Waals surface area (Å²) in [5.74, 6) is -0.00485. The number of ether oxygens (including phenoxy) is 3. The Kier molecular flexibility index (Phi) is 48.1. The molecular formula is C55H106O6. The van der Waals surface area contributed by atoms with Gasteiger partial charge in [0, 0.05) is 19.3 Å². The van der Waals surface area contributed by atoms with Gasteiger partial charge in [0.1, 0.15) is 13.2 Å². The summed E-state index contributed by atoms with van der Waals surface area (Å²) in [7, 11) is 0. The van der Waals surface area contributed by atoms with Gasteiger partial charge in [-0.1, -0.05) is 272 Å². The third-order valence-electron chi connectivity index (χ3n) is 12.5. The van der Waals surface area contributed by atoms with Crippen molar-refractivity contribution in [1.29, 1.82) is 0 Å². The molecule has 0 heterocycles. The highest BCUT2D eigenvalue weighted by Gasteiger charge is 2.19. The maximum atomic E-state index is 12.8. The maximum Gasteiger partial charge on any atom is 0.306 e. The Morgan fingerprint density at radius 2 is 0.541 bits per heavy atom. The molecule has 0 aliphatic heterocycles. The molecule has 61 heavy (non-hydrogen) atoms.